The van der Waals surface area contributed by atoms with Crippen LogP contribution in [-0.2, 0) is 0 Å². The summed E-state index contributed by atoms with van der Waals surface area (Å²) in [5.74, 6) is 0. The van der Waals surface area contributed by atoms with E-state index < -0.39 is 0 Å². The van der Waals surface area contributed by atoms with Crippen LogP contribution < -0.4 is 10.6 Å². The van der Waals surface area contributed by atoms with Gasteiger partial charge in [-0.15, -0.1) is 0 Å². The molecular weight excluding hydrogens is 198 g/mol. The van der Waals surface area contributed by atoms with Crippen LogP contribution in [0.1, 0.15) is 25.8 Å². The van der Waals surface area contributed by atoms with E-state index in [0.717, 1.165) is 17.8 Å². The Bertz CT molecular complexity index is 391. The van der Waals surface area contributed by atoms with Gasteiger partial charge in [-0.1, -0.05) is 0 Å². The lowest BCUT2D eigenvalue weighted by molar-refractivity contribution is 0.685. The van der Waals surface area contributed by atoms with Crippen LogP contribution in [0, 0.1) is 18.3 Å². The Labute approximate surface area is 97.5 Å². The van der Waals surface area contributed by atoms with Gasteiger partial charge in [-0.25, -0.2) is 0 Å². The van der Waals surface area contributed by atoms with Crippen LogP contribution >= 0.6 is 0 Å². The molecule has 0 heterocycles. The van der Waals surface area contributed by atoms with E-state index in [4.69, 9.17) is 11.0 Å². The molecule has 0 aliphatic carbocycles. The summed E-state index contributed by atoms with van der Waals surface area (Å²) in [6.07, 6.45) is 0.544. The minimum absolute atomic E-state index is 0.385. The van der Waals surface area contributed by atoms with E-state index in [0.29, 0.717) is 12.5 Å². The number of nitrogens with two attached hydrogens (primary N) is 1. The third-order valence-electron chi connectivity index (χ3n) is 2.62. The third-order valence-corrected chi connectivity index (χ3v) is 2.62. The van der Waals surface area contributed by atoms with Gasteiger partial charge >= 0.3 is 0 Å². The van der Waals surface area contributed by atoms with Crippen molar-refractivity contribution < 1.29 is 0 Å². The number of benzene rings is 1. The fourth-order valence-electron chi connectivity index (χ4n) is 1.83. The normalized spacial score (nSPS) is 10.2. The maximum atomic E-state index is 8.66. The van der Waals surface area contributed by atoms with Crippen molar-refractivity contribution in [3.63, 3.8) is 0 Å². The summed E-state index contributed by atoms with van der Waals surface area (Å²) < 4.78 is 0. The highest BCUT2D eigenvalue weighted by molar-refractivity contribution is 5.59. The molecule has 0 fully saturated rings. The summed E-state index contributed by atoms with van der Waals surface area (Å²) in [6.45, 7) is 7.08. The first-order valence-electron chi connectivity index (χ1n) is 5.56. The number of hydrogen-bond acceptors (Lipinski definition) is 3. The molecule has 0 saturated carbocycles. The van der Waals surface area contributed by atoms with Gasteiger partial charge in [0, 0.05) is 24.0 Å². The average Bonchev–Trinajstić information content (AvgIpc) is 2.20. The van der Waals surface area contributed by atoms with Gasteiger partial charge in [0.1, 0.15) is 0 Å². The average molecular weight is 217 g/mol. The number of aryl methyl sites for hydroxylation is 1. The van der Waals surface area contributed by atoms with Crippen molar-refractivity contribution in [1.29, 1.82) is 5.26 Å². The summed E-state index contributed by atoms with van der Waals surface area (Å²) >= 11 is 0. The SMILES string of the molecule is Cc1cc(N)ccc1N(CCC#N)C(C)C. The van der Waals surface area contributed by atoms with Crippen LogP contribution in [0.15, 0.2) is 18.2 Å². The first-order chi connectivity index (χ1) is 7.56. The molecule has 0 aliphatic rings. The summed E-state index contributed by atoms with van der Waals surface area (Å²) in [4.78, 5) is 2.23. The highest BCUT2D eigenvalue weighted by atomic mass is 15.1. The van der Waals surface area contributed by atoms with Gasteiger partial charge in [-0.3, -0.25) is 0 Å². The molecule has 0 unspecified atom stereocenters. The molecule has 16 heavy (non-hydrogen) atoms. The van der Waals surface area contributed by atoms with E-state index in [1.54, 1.807) is 0 Å². The second-order valence-corrected chi connectivity index (χ2v) is 4.24. The predicted molar refractivity (Wildman–Crippen MR) is 68.3 cm³/mol. The number of nitriles is 1. The molecule has 0 bridgehead atoms. The zero-order valence-corrected chi connectivity index (χ0v) is 10.2. The minimum atomic E-state index is 0.385. The summed E-state index contributed by atoms with van der Waals surface area (Å²) in [6, 6.07) is 8.48. The summed E-state index contributed by atoms with van der Waals surface area (Å²) in [5.41, 5.74) is 8.84. The molecule has 3 heteroatoms. The van der Waals surface area contributed by atoms with Crippen LogP contribution in [-0.4, -0.2) is 12.6 Å². The van der Waals surface area contributed by atoms with Crippen molar-refractivity contribution in [3.05, 3.63) is 23.8 Å². The van der Waals surface area contributed by atoms with E-state index in [1.165, 1.54) is 5.69 Å². The largest absolute Gasteiger partial charge is 0.399 e. The Balaban J connectivity index is 2.97. The maximum absolute atomic E-state index is 8.66. The standard InChI is InChI=1S/C13H19N3/c1-10(2)16(8-4-7-14)13-6-5-12(15)9-11(13)3/h5-6,9-10H,4,8,15H2,1-3H3. The van der Waals surface area contributed by atoms with Crippen LogP contribution in [0.2, 0.25) is 0 Å². The smallest absolute Gasteiger partial charge is 0.0640 e. The second kappa shape index (κ2) is 5.41. The molecule has 1 aromatic rings. The predicted octanol–water partition coefficient (Wildman–Crippen LogP) is 2.71. The number of hydrogen-bond donors (Lipinski definition) is 1. The van der Waals surface area contributed by atoms with Crippen molar-refractivity contribution in [1.82, 2.24) is 0 Å². The lowest BCUT2D eigenvalue weighted by Crippen LogP contribution is -2.32. The molecular formula is C13H19N3. The molecule has 3 nitrogen and oxygen atoms in total. The van der Waals surface area contributed by atoms with Crippen LogP contribution in [0.3, 0.4) is 0 Å². The quantitative estimate of drug-likeness (QED) is 0.789. The maximum Gasteiger partial charge on any atom is 0.0640 e. The highest BCUT2D eigenvalue weighted by Gasteiger charge is 2.12. The van der Waals surface area contributed by atoms with Gasteiger partial charge in [-0.05, 0) is 44.5 Å². The second-order valence-electron chi connectivity index (χ2n) is 4.24. The Morgan fingerprint density at radius 3 is 2.62 bits per heavy atom. The van der Waals surface area contributed by atoms with E-state index in [2.05, 4.69) is 24.8 Å². The number of nitrogen functional groups attached to an aromatic ring is 1. The molecule has 0 spiro atoms. The van der Waals surface area contributed by atoms with E-state index in [9.17, 15) is 0 Å². The van der Waals surface area contributed by atoms with E-state index >= 15 is 0 Å². The van der Waals surface area contributed by atoms with Crippen molar-refractivity contribution in [2.24, 2.45) is 0 Å². The Morgan fingerprint density at radius 2 is 2.12 bits per heavy atom. The zero-order valence-electron chi connectivity index (χ0n) is 10.2. The molecule has 0 atom stereocenters. The minimum Gasteiger partial charge on any atom is -0.399 e. The molecule has 0 radical (unpaired) electrons. The molecule has 1 aromatic carbocycles. The number of rotatable bonds is 4. The molecule has 0 aromatic heterocycles. The van der Waals surface area contributed by atoms with Gasteiger partial charge < -0.3 is 10.6 Å². The van der Waals surface area contributed by atoms with Crippen molar-refractivity contribution in [3.8, 4) is 6.07 Å². The first-order valence-corrected chi connectivity index (χ1v) is 5.56. The zero-order chi connectivity index (χ0) is 12.1. The van der Waals surface area contributed by atoms with Gasteiger partial charge in [0.25, 0.3) is 0 Å². The van der Waals surface area contributed by atoms with E-state index in [1.807, 2.05) is 25.1 Å². The highest BCUT2D eigenvalue weighted by Crippen LogP contribution is 2.24. The number of nitrogens with zero attached hydrogens (tertiary/aromatic N) is 2. The Morgan fingerprint density at radius 1 is 1.44 bits per heavy atom. The van der Waals surface area contributed by atoms with Crippen molar-refractivity contribution in [2.45, 2.75) is 33.2 Å². The van der Waals surface area contributed by atoms with Gasteiger partial charge in [0.15, 0.2) is 0 Å². The fourth-order valence-corrected chi connectivity index (χ4v) is 1.83. The molecule has 0 saturated heterocycles. The lowest BCUT2D eigenvalue weighted by atomic mass is 10.1. The summed E-state index contributed by atoms with van der Waals surface area (Å²) in [5, 5.41) is 8.66. The topological polar surface area (TPSA) is 53.0 Å². The van der Waals surface area contributed by atoms with Gasteiger partial charge in [-0.2, -0.15) is 5.26 Å². The fraction of sp³-hybridized carbons (Fsp3) is 0.462. The Kier molecular flexibility index (Phi) is 4.19. The molecule has 0 aliphatic heterocycles. The molecule has 2 N–H and O–H groups in total. The van der Waals surface area contributed by atoms with Gasteiger partial charge in [0.05, 0.1) is 12.5 Å². The van der Waals surface area contributed by atoms with Crippen LogP contribution in [0.5, 0.6) is 0 Å². The Hall–Kier alpha value is -1.69. The van der Waals surface area contributed by atoms with Crippen molar-refractivity contribution >= 4 is 11.4 Å². The third kappa shape index (κ3) is 2.90. The van der Waals surface area contributed by atoms with Crippen molar-refractivity contribution in [2.75, 3.05) is 17.2 Å². The molecule has 0 amide bonds. The van der Waals surface area contributed by atoms with Crippen LogP contribution in [0.4, 0.5) is 11.4 Å². The monoisotopic (exact) mass is 217 g/mol. The van der Waals surface area contributed by atoms with Crippen LogP contribution in [0.25, 0.3) is 0 Å². The first kappa shape index (κ1) is 12.4. The molecule has 1 rings (SSSR count). The van der Waals surface area contributed by atoms with E-state index in [-0.39, 0.29) is 0 Å². The van der Waals surface area contributed by atoms with Gasteiger partial charge in [0.2, 0.25) is 0 Å². The number of anilines is 2. The summed E-state index contributed by atoms with van der Waals surface area (Å²) in [7, 11) is 0. The molecule has 86 valence electrons. The lowest BCUT2D eigenvalue weighted by Gasteiger charge is -2.29.